The fourth-order valence-electron chi connectivity index (χ4n) is 2.38. The summed E-state index contributed by atoms with van der Waals surface area (Å²) in [6, 6.07) is 18.1. The van der Waals surface area contributed by atoms with Gasteiger partial charge in [0.15, 0.2) is 0 Å². The van der Waals surface area contributed by atoms with Crippen LogP contribution in [0, 0.1) is 0 Å². The maximum atomic E-state index is 12.0. The third kappa shape index (κ3) is 5.42. The molecule has 2 aromatic carbocycles. The second-order valence-electron chi connectivity index (χ2n) is 5.35. The van der Waals surface area contributed by atoms with E-state index < -0.39 is 0 Å². The van der Waals surface area contributed by atoms with Gasteiger partial charge in [-0.05, 0) is 24.6 Å². The molecular weight excluding hydrogens is 288 g/mol. The number of rotatable bonds is 8. The van der Waals surface area contributed by atoms with Crippen LogP contribution in [0.4, 0.5) is 11.4 Å². The van der Waals surface area contributed by atoms with Gasteiger partial charge >= 0.3 is 0 Å². The van der Waals surface area contributed by atoms with Crippen molar-refractivity contribution in [1.29, 1.82) is 0 Å². The van der Waals surface area contributed by atoms with Crippen molar-refractivity contribution in [2.45, 2.75) is 19.9 Å². The van der Waals surface area contributed by atoms with Crippen molar-refractivity contribution in [3.05, 3.63) is 60.2 Å². The maximum absolute atomic E-state index is 12.0. The lowest BCUT2D eigenvalue weighted by Gasteiger charge is -2.22. The summed E-state index contributed by atoms with van der Waals surface area (Å²) in [6.45, 7) is 3.78. The van der Waals surface area contributed by atoms with Crippen LogP contribution in [-0.4, -0.2) is 26.2 Å². The Morgan fingerprint density at radius 3 is 2.52 bits per heavy atom. The number of carbonyl (C=O) groups excluding carboxylic acids is 1. The Labute approximate surface area is 138 Å². The lowest BCUT2D eigenvalue weighted by molar-refractivity contribution is -0.117. The molecule has 2 rings (SSSR count). The SMILES string of the molecule is CCOCCC(=O)Nc1ccccc1N(C)Cc1ccccc1. The molecule has 0 heterocycles. The van der Waals surface area contributed by atoms with E-state index in [1.54, 1.807) is 0 Å². The number of nitrogens with one attached hydrogen (secondary N) is 1. The minimum absolute atomic E-state index is 0.0287. The third-order valence-electron chi connectivity index (χ3n) is 3.53. The Bertz CT molecular complexity index is 614. The Morgan fingerprint density at radius 2 is 1.78 bits per heavy atom. The summed E-state index contributed by atoms with van der Waals surface area (Å²) >= 11 is 0. The fourth-order valence-corrected chi connectivity index (χ4v) is 2.38. The topological polar surface area (TPSA) is 41.6 Å². The minimum atomic E-state index is -0.0287. The normalized spacial score (nSPS) is 10.3. The van der Waals surface area contributed by atoms with Gasteiger partial charge in [-0.3, -0.25) is 4.79 Å². The molecular formula is C19H24N2O2. The fraction of sp³-hybridized carbons (Fsp3) is 0.316. The summed E-state index contributed by atoms with van der Waals surface area (Å²) in [5, 5.41) is 2.98. The lowest BCUT2D eigenvalue weighted by Crippen LogP contribution is -2.20. The number of amides is 1. The van der Waals surface area contributed by atoms with Crippen LogP contribution >= 0.6 is 0 Å². The van der Waals surface area contributed by atoms with E-state index in [0.717, 1.165) is 17.9 Å². The number of para-hydroxylation sites is 2. The van der Waals surface area contributed by atoms with Gasteiger partial charge < -0.3 is 15.0 Å². The molecule has 0 spiro atoms. The Balaban J connectivity index is 2.03. The third-order valence-corrected chi connectivity index (χ3v) is 3.53. The molecule has 0 saturated carbocycles. The Hall–Kier alpha value is -2.33. The largest absolute Gasteiger partial charge is 0.381 e. The quantitative estimate of drug-likeness (QED) is 0.756. The molecule has 4 nitrogen and oxygen atoms in total. The summed E-state index contributed by atoms with van der Waals surface area (Å²) < 4.78 is 5.23. The van der Waals surface area contributed by atoms with Crippen molar-refractivity contribution in [1.82, 2.24) is 0 Å². The van der Waals surface area contributed by atoms with Crippen molar-refractivity contribution < 1.29 is 9.53 Å². The summed E-state index contributed by atoms with van der Waals surface area (Å²) in [5.74, 6) is -0.0287. The smallest absolute Gasteiger partial charge is 0.226 e. The molecule has 0 bridgehead atoms. The van der Waals surface area contributed by atoms with E-state index in [-0.39, 0.29) is 5.91 Å². The molecule has 0 aliphatic carbocycles. The van der Waals surface area contributed by atoms with Crippen LogP contribution in [0.3, 0.4) is 0 Å². The highest BCUT2D eigenvalue weighted by Gasteiger charge is 2.10. The predicted molar refractivity (Wildman–Crippen MR) is 94.7 cm³/mol. The first-order valence-corrected chi connectivity index (χ1v) is 7.92. The molecule has 0 aliphatic heterocycles. The second-order valence-corrected chi connectivity index (χ2v) is 5.35. The minimum Gasteiger partial charge on any atom is -0.381 e. The standard InChI is InChI=1S/C19H24N2O2/c1-3-23-14-13-19(22)20-17-11-7-8-12-18(17)21(2)15-16-9-5-4-6-10-16/h4-12H,3,13-15H2,1-2H3,(H,20,22). The zero-order valence-electron chi connectivity index (χ0n) is 13.8. The monoisotopic (exact) mass is 312 g/mol. The molecule has 0 fully saturated rings. The molecule has 2 aromatic rings. The van der Waals surface area contributed by atoms with Crippen molar-refractivity contribution in [3.63, 3.8) is 0 Å². The van der Waals surface area contributed by atoms with Gasteiger partial charge in [0.05, 0.1) is 24.4 Å². The molecule has 1 N–H and O–H groups in total. The van der Waals surface area contributed by atoms with Gasteiger partial charge in [0, 0.05) is 20.2 Å². The van der Waals surface area contributed by atoms with Crippen LogP contribution < -0.4 is 10.2 Å². The highest BCUT2D eigenvalue weighted by molar-refractivity contribution is 5.94. The van der Waals surface area contributed by atoms with E-state index in [2.05, 4.69) is 22.3 Å². The summed E-state index contributed by atoms with van der Waals surface area (Å²) in [5.41, 5.74) is 3.06. The molecule has 0 aromatic heterocycles. The highest BCUT2D eigenvalue weighted by atomic mass is 16.5. The van der Waals surface area contributed by atoms with Gasteiger partial charge in [0.1, 0.15) is 0 Å². The number of hydrogen-bond donors (Lipinski definition) is 1. The van der Waals surface area contributed by atoms with E-state index >= 15 is 0 Å². The number of hydrogen-bond acceptors (Lipinski definition) is 3. The summed E-state index contributed by atoms with van der Waals surface area (Å²) in [6.07, 6.45) is 0.366. The van der Waals surface area contributed by atoms with Crippen molar-refractivity contribution in [2.24, 2.45) is 0 Å². The Morgan fingerprint density at radius 1 is 1.09 bits per heavy atom. The summed E-state index contributed by atoms with van der Waals surface area (Å²) in [7, 11) is 2.03. The number of carbonyl (C=O) groups is 1. The van der Waals surface area contributed by atoms with Gasteiger partial charge in [0.25, 0.3) is 0 Å². The van der Waals surface area contributed by atoms with E-state index in [1.807, 2.05) is 56.4 Å². The molecule has 23 heavy (non-hydrogen) atoms. The van der Waals surface area contributed by atoms with E-state index in [1.165, 1.54) is 5.56 Å². The zero-order chi connectivity index (χ0) is 16.5. The number of anilines is 2. The molecule has 0 radical (unpaired) electrons. The van der Waals surface area contributed by atoms with Crippen LogP contribution in [0.25, 0.3) is 0 Å². The number of nitrogens with zero attached hydrogens (tertiary/aromatic N) is 1. The lowest BCUT2D eigenvalue weighted by atomic mass is 10.2. The summed E-state index contributed by atoms with van der Waals surface area (Å²) in [4.78, 5) is 14.1. The first kappa shape index (κ1) is 17.0. The molecule has 0 aliphatic rings. The maximum Gasteiger partial charge on any atom is 0.226 e. The molecule has 0 unspecified atom stereocenters. The highest BCUT2D eigenvalue weighted by Crippen LogP contribution is 2.26. The van der Waals surface area contributed by atoms with Crippen LogP contribution in [0.5, 0.6) is 0 Å². The Kier molecular flexibility index (Phi) is 6.63. The van der Waals surface area contributed by atoms with Gasteiger partial charge in [0.2, 0.25) is 5.91 Å². The van der Waals surface area contributed by atoms with Crippen LogP contribution in [0.15, 0.2) is 54.6 Å². The van der Waals surface area contributed by atoms with E-state index in [0.29, 0.717) is 19.6 Å². The molecule has 0 atom stereocenters. The molecule has 122 valence electrons. The number of ether oxygens (including phenoxy) is 1. The molecule has 0 saturated heterocycles. The predicted octanol–water partition coefficient (Wildman–Crippen LogP) is 3.69. The first-order valence-electron chi connectivity index (χ1n) is 7.92. The first-order chi connectivity index (χ1) is 11.2. The molecule has 1 amide bonds. The van der Waals surface area contributed by atoms with Crippen LogP contribution in [0.1, 0.15) is 18.9 Å². The van der Waals surface area contributed by atoms with Crippen LogP contribution in [0.2, 0.25) is 0 Å². The second kappa shape index (κ2) is 8.96. The van der Waals surface area contributed by atoms with Gasteiger partial charge in [-0.2, -0.15) is 0 Å². The average molecular weight is 312 g/mol. The van der Waals surface area contributed by atoms with Crippen molar-refractivity contribution >= 4 is 17.3 Å². The van der Waals surface area contributed by atoms with Crippen LogP contribution in [-0.2, 0) is 16.1 Å². The number of benzene rings is 2. The van der Waals surface area contributed by atoms with E-state index in [9.17, 15) is 4.79 Å². The van der Waals surface area contributed by atoms with Crippen molar-refractivity contribution in [3.8, 4) is 0 Å². The van der Waals surface area contributed by atoms with Crippen molar-refractivity contribution in [2.75, 3.05) is 30.5 Å². The molecule has 4 heteroatoms. The van der Waals surface area contributed by atoms with Gasteiger partial charge in [-0.1, -0.05) is 42.5 Å². The average Bonchev–Trinajstić information content (AvgIpc) is 2.56. The van der Waals surface area contributed by atoms with E-state index in [4.69, 9.17) is 4.74 Å². The van der Waals surface area contributed by atoms with Gasteiger partial charge in [-0.25, -0.2) is 0 Å². The van der Waals surface area contributed by atoms with Gasteiger partial charge in [-0.15, -0.1) is 0 Å². The zero-order valence-corrected chi connectivity index (χ0v) is 13.8.